The summed E-state index contributed by atoms with van der Waals surface area (Å²) in [6.45, 7) is 1.89. The molecule has 4 heteroatoms. The Balaban J connectivity index is 2.70. The number of hydrogen-bond acceptors (Lipinski definition) is 3. The normalized spacial score (nSPS) is 24.2. The molecular weight excluding hydrogens is 192 g/mol. The van der Waals surface area contributed by atoms with Crippen LogP contribution in [0.2, 0.25) is 0 Å². The number of carbonyl (C=O) groups excluding carboxylic acids is 1. The first kappa shape index (κ1) is 9.48. The molecule has 64 valence electrons. The van der Waals surface area contributed by atoms with Gasteiger partial charge in [-0.3, -0.25) is 4.79 Å². The minimum Gasteiger partial charge on any atom is -0.281 e. The Kier molecular flexibility index (Phi) is 3.49. The lowest BCUT2D eigenvalue weighted by molar-refractivity contribution is -0.107. The Morgan fingerprint density at radius 1 is 1.50 bits per heavy atom. The van der Waals surface area contributed by atoms with Crippen LogP contribution in [0, 0.1) is 0 Å². The van der Waals surface area contributed by atoms with Gasteiger partial charge in [-0.2, -0.15) is 0 Å². The van der Waals surface area contributed by atoms with Crippen LogP contribution in [-0.4, -0.2) is 9.32 Å². The second kappa shape index (κ2) is 4.42. The molecule has 0 N–H and O–H groups in total. The molecule has 0 radical (unpaired) electrons. The quantitative estimate of drug-likeness (QED) is 0.504. The van der Waals surface area contributed by atoms with E-state index in [2.05, 4.69) is 0 Å². The van der Waals surface area contributed by atoms with E-state index < -0.39 is 9.83 Å². The first-order chi connectivity index (χ1) is 5.74. The zero-order valence-corrected chi connectivity index (χ0v) is 8.15. The Bertz CT molecular complexity index is 300. The molecule has 0 aromatic heterocycles. The lowest BCUT2D eigenvalue weighted by atomic mass is 10.3. The average molecular weight is 200 g/mol. The maximum absolute atomic E-state index is 11.0. The van der Waals surface area contributed by atoms with Gasteiger partial charge in [0.1, 0.15) is 9.83 Å². The standard InChI is InChI=1S/C8H8O2S2/c1-2-3-4-5-7-6-12(10)11-8(7)9/h2-6H,1H3. The second-order valence-electron chi connectivity index (χ2n) is 2.09. The van der Waals surface area contributed by atoms with Crippen LogP contribution in [0.15, 0.2) is 35.3 Å². The van der Waals surface area contributed by atoms with Gasteiger partial charge in [-0.1, -0.05) is 18.2 Å². The van der Waals surface area contributed by atoms with Crippen molar-refractivity contribution in [3.63, 3.8) is 0 Å². The predicted molar refractivity (Wildman–Crippen MR) is 52.8 cm³/mol. The third kappa shape index (κ3) is 2.46. The summed E-state index contributed by atoms with van der Waals surface area (Å²) in [7, 11) is -0.307. The lowest BCUT2D eigenvalue weighted by Crippen LogP contribution is -1.85. The molecule has 0 fully saturated rings. The minimum absolute atomic E-state index is 0.117. The molecule has 2 nitrogen and oxygen atoms in total. The third-order valence-corrected chi connectivity index (χ3v) is 3.43. The summed E-state index contributed by atoms with van der Waals surface area (Å²) in [6, 6.07) is 0. The molecule has 0 saturated carbocycles. The first-order valence-corrected chi connectivity index (χ1v) is 5.93. The van der Waals surface area contributed by atoms with Crippen LogP contribution >= 0.6 is 10.8 Å². The van der Waals surface area contributed by atoms with Crippen LogP contribution in [-0.2, 0) is 14.6 Å². The number of hydrogen-bond donors (Lipinski definition) is 0. The first-order valence-electron chi connectivity index (χ1n) is 3.38. The van der Waals surface area contributed by atoms with Crippen molar-refractivity contribution in [3.05, 3.63) is 35.3 Å². The molecule has 1 heterocycles. The van der Waals surface area contributed by atoms with Crippen molar-refractivity contribution < 1.29 is 9.00 Å². The maximum atomic E-state index is 11.0. The summed E-state index contributed by atoms with van der Waals surface area (Å²) in [5.41, 5.74) is 0.524. The smallest absolute Gasteiger partial charge is 0.233 e. The molecule has 0 saturated heterocycles. The molecule has 1 aliphatic heterocycles. The van der Waals surface area contributed by atoms with Crippen molar-refractivity contribution in [2.75, 3.05) is 0 Å². The van der Waals surface area contributed by atoms with E-state index >= 15 is 0 Å². The maximum Gasteiger partial charge on any atom is 0.233 e. The minimum atomic E-state index is -1.16. The molecule has 0 amide bonds. The Labute approximate surface area is 77.3 Å². The van der Waals surface area contributed by atoms with Crippen LogP contribution in [0.25, 0.3) is 0 Å². The van der Waals surface area contributed by atoms with Crippen molar-refractivity contribution in [1.29, 1.82) is 0 Å². The molecule has 1 atom stereocenters. The van der Waals surface area contributed by atoms with E-state index in [4.69, 9.17) is 0 Å². The zero-order valence-electron chi connectivity index (χ0n) is 6.52. The van der Waals surface area contributed by atoms with Crippen molar-refractivity contribution in [2.45, 2.75) is 6.92 Å². The summed E-state index contributed by atoms with van der Waals surface area (Å²) in [5, 5.41) is 1.35. The van der Waals surface area contributed by atoms with E-state index in [9.17, 15) is 9.00 Å². The van der Waals surface area contributed by atoms with E-state index in [0.29, 0.717) is 5.57 Å². The van der Waals surface area contributed by atoms with Gasteiger partial charge >= 0.3 is 0 Å². The predicted octanol–water partition coefficient (Wildman–Crippen LogP) is 1.94. The van der Waals surface area contributed by atoms with Gasteiger partial charge in [0.25, 0.3) is 0 Å². The second-order valence-corrected chi connectivity index (χ2v) is 4.87. The number of rotatable bonds is 2. The van der Waals surface area contributed by atoms with Crippen LogP contribution in [0.3, 0.4) is 0 Å². The summed E-state index contributed by atoms with van der Waals surface area (Å²) in [5.74, 6) is 0. The summed E-state index contributed by atoms with van der Waals surface area (Å²) >= 11 is 0. The molecule has 0 spiro atoms. The van der Waals surface area contributed by atoms with Crippen LogP contribution < -0.4 is 0 Å². The molecule has 1 unspecified atom stereocenters. The van der Waals surface area contributed by atoms with Gasteiger partial charge in [0, 0.05) is 21.8 Å². The van der Waals surface area contributed by atoms with Crippen LogP contribution in [0.5, 0.6) is 0 Å². The lowest BCUT2D eigenvalue weighted by Gasteiger charge is -1.84. The molecule has 12 heavy (non-hydrogen) atoms. The monoisotopic (exact) mass is 200 g/mol. The molecule has 1 aliphatic rings. The van der Waals surface area contributed by atoms with Gasteiger partial charge in [0.15, 0.2) is 0 Å². The molecule has 0 aromatic rings. The van der Waals surface area contributed by atoms with Gasteiger partial charge in [0.2, 0.25) is 5.12 Å². The fourth-order valence-electron chi connectivity index (χ4n) is 0.676. The zero-order chi connectivity index (χ0) is 8.97. The van der Waals surface area contributed by atoms with E-state index in [1.54, 1.807) is 12.2 Å². The average Bonchev–Trinajstić information content (AvgIpc) is 2.31. The fraction of sp³-hybridized carbons (Fsp3) is 0.125. The van der Waals surface area contributed by atoms with Gasteiger partial charge in [-0.25, -0.2) is 4.21 Å². The van der Waals surface area contributed by atoms with Crippen molar-refractivity contribution in [2.24, 2.45) is 0 Å². The number of allylic oxidation sites excluding steroid dienone is 4. The topological polar surface area (TPSA) is 34.1 Å². The van der Waals surface area contributed by atoms with Crippen LogP contribution in [0.4, 0.5) is 0 Å². The van der Waals surface area contributed by atoms with Crippen molar-refractivity contribution >= 4 is 25.7 Å². The molecule has 0 aliphatic carbocycles. The highest BCUT2D eigenvalue weighted by Crippen LogP contribution is 2.25. The van der Waals surface area contributed by atoms with Crippen molar-refractivity contribution in [3.8, 4) is 0 Å². The highest BCUT2D eigenvalue weighted by Gasteiger charge is 2.19. The Morgan fingerprint density at radius 3 is 2.75 bits per heavy atom. The largest absolute Gasteiger partial charge is 0.281 e. The summed E-state index contributed by atoms with van der Waals surface area (Å²) in [4.78, 5) is 11.0. The molecule has 0 bridgehead atoms. The fourth-order valence-corrected chi connectivity index (χ4v) is 2.76. The van der Waals surface area contributed by atoms with Gasteiger partial charge < -0.3 is 0 Å². The third-order valence-electron chi connectivity index (χ3n) is 1.20. The molecular formula is C8H8O2S2. The molecule has 1 rings (SSSR count). The van der Waals surface area contributed by atoms with Crippen molar-refractivity contribution in [1.82, 2.24) is 0 Å². The van der Waals surface area contributed by atoms with Gasteiger partial charge in [0.05, 0.1) is 0 Å². The molecule has 0 aromatic carbocycles. The van der Waals surface area contributed by atoms with E-state index in [0.717, 1.165) is 10.8 Å². The number of carbonyl (C=O) groups is 1. The highest BCUT2D eigenvalue weighted by atomic mass is 33.1. The van der Waals surface area contributed by atoms with E-state index in [1.165, 1.54) is 5.41 Å². The van der Waals surface area contributed by atoms with E-state index in [-0.39, 0.29) is 5.12 Å². The van der Waals surface area contributed by atoms with Crippen LogP contribution in [0.1, 0.15) is 6.92 Å². The summed E-state index contributed by atoms with van der Waals surface area (Å²) < 4.78 is 10.8. The Hall–Kier alpha value is -0.610. The Morgan fingerprint density at radius 2 is 2.25 bits per heavy atom. The van der Waals surface area contributed by atoms with Gasteiger partial charge in [-0.05, 0) is 13.0 Å². The van der Waals surface area contributed by atoms with E-state index in [1.807, 2.05) is 19.1 Å². The SMILES string of the molecule is CC=CC=CC1=CS(=O)SC1=O. The highest BCUT2D eigenvalue weighted by molar-refractivity contribution is 8.77. The summed E-state index contributed by atoms with van der Waals surface area (Å²) in [6.07, 6.45) is 7.10. The van der Waals surface area contributed by atoms with Gasteiger partial charge in [-0.15, -0.1) is 0 Å².